The smallest absolute Gasteiger partial charge is 0.327 e. The number of aromatic nitrogens is 3. The zero-order valence-electron chi connectivity index (χ0n) is 17.6. The summed E-state index contributed by atoms with van der Waals surface area (Å²) in [6.45, 7) is 1.52. The van der Waals surface area contributed by atoms with Gasteiger partial charge in [-0.15, -0.1) is 0 Å². The molecular weight excluding hydrogens is 416 g/mol. The van der Waals surface area contributed by atoms with Gasteiger partial charge in [-0.25, -0.2) is 9.48 Å². The van der Waals surface area contributed by atoms with E-state index in [4.69, 9.17) is 5.73 Å². The van der Waals surface area contributed by atoms with Gasteiger partial charge >= 0.3 is 5.69 Å². The van der Waals surface area contributed by atoms with Gasteiger partial charge in [0.25, 0.3) is 6.08 Å². The summed E-state index contributed by atoms with van der Waals surface area (Å²) < 4.78 is 28.0. The van der Waals surface area contributed by atoms with Gasteiger partial charge < -0.3 is 5.73 Å². The molecule has 1 amide bonds. The van der Waals surface area contributed by atoms with Crippen molar-refractivity contribution >= 4 is 17.3 Å². The molecule has 1 aliphatic heterocycles. The molecule has 32 heavy (non-hydrogen) atoms. The second kappa shape index (κ2) is 8.88. The molecule has 0 saturated carbocycles. The molecule has 7 nitrogen and oxygen atoms in total. The molecule has 1 aromatic heterocycles. The van der Waals surface area contributed by atoms with Crippen LogP contribution in [-0.4, -0.2) is 26.8 Å². The van der Waals surface area contributed by atoms with Crippen LogP contribution in [0.4, 0.5) is 20.2 Å². The van der Waals surface area contributed by atoms with Crippen LogP contribution in [0.15, 0.2) is 65.2 Å². The van der Waals surface area contributed by atoms with E-state index in [1.54, 1.807) is 4.90 Å². The third-order valence-corrected chi connectivity index (χ3v) is 5.60. The topological polar surface area (TPSA) is 86.2 Å². The largest absolute Gasteiger partial charge is 0.346 e. The zero-order valence-corrected chi connectivity index (χ0v) is 17.6. The Morgan fingerprint density at radius 1 is 1.09 bits per heavy atom. The van der Waals surface area contributed by atoms with Crippen molar-refractivity contribution in [3.63, 3.8) is 0 Å². The molecule has 0 fully saturated rings. The van der Waals surface area contributed by atoms with Gasteiger partial charge in [-0.3, -0.25) is 14.3 Å². The lowest BCUT2D eigenvalue weighted by Gasteiger charge is -2.31. The van der Waals surface area contributed by atoms with Crippen molar-refractivity contribution in [1.82, 2.24) is 14.3 Å². The van der Waals surface area contributed by atoms with Crippen molar-refractivity contribution in [1.29, 1.82) is 0 Å². The number of fused-ring (bicyclic) bond motifs is 1. The van der Waals surface area contributed by atoms with Crippen molar-refractivity contribution < 1.29 is 13.6 Å². The first-order valence-corrected chi connectivity index (χ1v) is 10.2. The van der Waals surface area contributed by atoms with Crippen molar-refractivity contribution in [2.75, 3.05) is 11.4 Å². The van der Waals surface area contributed by atoms with Crippen molar-refractivity contribution in [2.24, 2.45) is 5.73 Å². The molecule has 9 heteroatoms. The van der Waals surface area contributed by atoms with Crippen LogP contribution in [0.2, 0.25) is 0 Å². The summed E-state index contributed by atoms with van der Waals surface area (Å²) in [6, 6.07) is 13.4. The van der Waals surface area contributed by atoms with Crippen LogP contribution in [0.25, 0.3) is 0 Å². The summed E-state index contributed by atoms with van der Waals surface area (Å²) in [5.74, 6) is 0.0425. The van der Waals surface area contributed by atoms with Crippen LogP contribution in [0, 0.1) is 6.92 Å². The molecule has 2 aromatic carbocycles. The number of carbonyl (C=O) groups is 1. The molecule has 0 radical (unpaired) electrons. The SMILES string of the molecule is Cc1cccc2c1N(c1ccc(Cn3cnn(CC(CN)=C(F)F)c3=O)cc1)C(=O)CC2. The van der Waals surface area contributed by atoms with E-state index in [0.29, 0.717) is 6.42 Å². The van der Waals surface area contributed by atoms with E-state index in [0.717, 1.165) is 39.2 Å². The maximum absolute atomic E-state index is 12.8. The summed E-state index contributed by atoms with van der Waals surface area (Å²) in [4.78, 5) is 26.9. The molecule has 2 N–H and O–H groups in total. The monoisotopic (exact) mass is 439 g/mol. The first-order valence-electron chi connectivity index (χ1n) is 10.2. The molecule has 166 valence electrons. The molecule has 1 aliphatic rings. The van der Waals surface area contributed by atoms with E-state index in [2.05, 4.69) is 5.10 Å². The minimum absolute atomic E-state index is 0.0425. The Morgan fingerprint density at radius 2 is 1.84 bits per heavy atom. The Balaban J connectivity index is 1.56. The standard InChI is InChI=1S/C23H23F2N5O2/c1-15-3-2-4-17-7-10-20(31)30(21(15)17)19-8-5-16(6-9-19)12-28-14-27-29(23(28)32)13-18(11-26)22(24)25/h2-6,8-9,14H,7,10-13,26H2,1H3. The Morgan fingerprint density at radius 3 is 2.53 bits per heavy atom. The van der Waals surface area contributed by atoms with Gasteiger partial charge in [0.2, 0.25) is 5.91 Å². The highest BCUT2D eigenvalue weighted by Crippen LogP contribution is 2.36. The molecule has 2 heterocycles. The Bertz CT molecular complexity index is 1240. The number of nitrogens with two attached hydrogens (primary N) is 1. The van der Waals surface area contributed by atoms with E-state index in [9.17, 15) is 18.4 Å². The molecule has 0 atom stereocenters. The maximum atomic E-state index is 12.8. The second-order valence-corrected chi connectivity index (χ2v) is 7.75. The van der Waals surface area contributed by atoms with Crippen LogP contribution < -0.4 is 16.3 Å². The first-order chi connectivity index (χ1) is 15.4. The highest BCUT2D eigenvalue weighted by atomic mass is 19.3. The number of benzene rings is 2. The number of hydrogen-bond donors (Lipinski definition) is 1. The third kappa shape index (κ3) is 4.11. The predicted octanol–water partition coefficient (Wildman–Crippen LogP) is 3.12. The molecule has 4 rings (SSSR count). The van der Waals surface area contributed by atoms with E-state index in [1.807, 2.05) is 49.4 Å². The Hall–Kier alpha value is -3.59. The van der Waals surface area contributed by atoms with Gasteiger partial charge in [-0.05, 0) is 42.2 Å². The number of amides is 1. The lowest BCUT2D eigenvalue weighted by Crippen LogP contribution is -2.31. The lowest BCUT2D eigenvalue weighted by atomic mass is 9.97. The van der Waals surface area contributed by atoms with Crippen LogP contribution in [0.3, 0.4) is 0 Å². The van der Waals surface area contributed by atoms with Gasteiger partial charge in [0.05, 0.1) is 18.8 Å². The number of para-hydroxylation sites is 1. The molecule has 0 unspecified atom stereocenters. The molecule has 3 aromatic rings. The molecule has 0 aliphatic carbocycles. The van der Waals surface area contributed by atoms with Crippen molar-refractivity contribution in [3.05, 3.63) is 87.6 Å². The summed E-state index contributed by atoms with van der Waals surface area (Å²) in [6.07, 6.45) is 0.596. The summed E-state index contributed by atoms with van der Waals surface area (Å²) in [7, 11) is 0. The zero-order chi connectivity index (χ0) is 22.8. The fraction of sp³-hybridized carbons (Fsp3) is 0.261. The summed E-state index contributed by atoms with van der Waals surface area (Å²) in [5, 5.41) is 3.91. The minimum atomic E-state index is -1.89. The van der Waals surface area contributed by atoms with Gasteiger partial charge in [0.15, 0.2) is 0 Å². The number of carbonyl (C=O) groups excluding carboxylic acids is 1. The van der Waals surface area contributed by atoms with Crippen LogP contribution in [0.5, 0.6) is 0 Å². The predicted molar refractivity (Wildman–Crippen MR) is 117 cm³/mol. The maximum Gasteiger partial charge on any atom is 0.346 e. The summed E-state index contributed by atoms with van der Waals surface area (Å²) >= 11 is 0. The van der Waals surface area contributed by atoms with Crippen LogP contribution >= 0.6 is 0 Å². The van der Waals surface area contributed by atoms with Gasteiger partial charge in [0.1, 0.15) is 6.33 Å². The molecule has 0 saturated heterocycles. The van der Waals surface area contributed by atoms with E-state index >= 15 is 0 Å². The van der Waals surface area contributed by atoms with E-state index in [1.165, 1.54) is 10.9 Å². The van der Waals surface area contributed by atoms with Crippen LogP contribution in [0.1, 0.15) is 23.1 Å². The lowest BCUT2D eigenvalue weighted by molar-refractivity contribution is -0.118. The minimum Gasteiger partial charge on any atom is -0.327 e. The quantitative estimate of drug-likeness (QED) is 0.640. The average molecular weight is 439 g/mol. The third-order valence-electron chi connectivity index (χ3n) is 5.60. The Labute approximate surface area is 183 Å². The fourth-order valence-electron chi connectivity index (χ4n) is 3.91. The second-order valence-electron chi connectivity index (χ2n) is 7.75. The fourth-order valence-corrected chi connectivity index (χ4v) is 3.91. The first kappa shape index (κ1) is 21.6. The average Bonchev–Trinajstić information content (AvgIpc) is 3.12. The van der Waals surface area contributed by atoms with Crippen molar-refractivity contribution in [3.8, 4) is 0 Å². The number of aryl methyl sites for hydroxylation is 2. The van der Waals surface area contributed by atoms with Gasteiger partial charge in [-0.1, -0.05) is 30.3 Å². The highest BCUT2D eigenvalue weighted by Gasteiger charge is 2.26. The highest BCUT2D eigenvalue weighted by molar-refractivity contribution is 6.03. The number of hydrogen-bond acceptors (Lipinski definition) is 4. The summed E-state index contributed by atoms with van der Waals surface area (Å²) in [5.41, 5.74) is 9.16. The van der Waals surface area contributed by atoms with Gasteiger partial charge in [0, 0.05) is 24.2 Å². The van der Waals surface area contributed by atoms with Gasteiger partial charge in [-0.2, -0.15) is 13.9 Å². The Kier molecular flexibility index (Phi) is 6.00. The number of anilines is 2. The number of rotatable bonds is 6. The molecular formula is C23H23F2N5O2. The molecule has 0 bridgehead atoms. The van der Waals surface area contributed by atoms with Crippen molar-refractivity contribution in [2.45, 2.75) is 32.9 Å². The molecule has 0 spiro atoms. The van der Waals surface area contributed by atoms with Crippen LogP contribution in [-0.2, 0) is 24.3 Å². The van der Waals surface area contributed by atoms with E-state index in [-0.39, 0.29) is 31.1 Å². The normalized spacial score (nSPS) is 13.2. The number of halogens is 2. The number of nitrogens with zero attached hydrogens (tertiary/aromatic N) is 4. The van der Waals surface area contributed by atoms with E-state index < -0.39 is 11.8 Å².